The fourth-order valence-electron chi connectivity index (χ4n) is 2.01. The fraction of sp³-hybridized carbons (Fsp3) is 0.846. The van der Waals surface area contributed by atoms with Crippen molar-refractivity contribution in [3.05, 3.63) is 0 Å². The lowest BCUT2D eigenvalue weighted by atomic mass is 9.93. The van der Waals surface area contributed by atoms with Crippen LogP contribution in [0.25, 0.3) is 0 Å². The van der Waals surface area contributed by atoms with Gasteiger partial charge < -0.3 is 15.0 Å². The van der Waals surface area contributed by atoms with Crippen molar-refractivity contribution >= 4 is 12.0 Å². The number of nitrogens with zero attached hydrogens (tertiary/aromatic N) is 1. The van der Waals surface area contributed by atoms with Gasteiger partial charge in [0, 0.05) is 26.6 Å². The van der Waals surface area contributed by atoms with Crippen LogP contribution < -0.4 is 5.32 Å². The van der Waals surface area contributed by atoms with Gasteiger partial charge in [-0.15, -0.1) is 0 Å². The van der Waals surface area contributed by atoms with Crippen LogP contribution in [0.3, 0.4) is 0 Å². The van der Waals surface area contributed by atoms with Crippen LogP contribution in [0.2, 0.25) is 0 Å². The number of amides is 2. The SMILES string of the molecule is CNC(=O)CC1CCN(C(=O)OCC(C)C)CC1. The van der Waals surface area contributed by atoms with Gasteiger partial charge in [0.05, 0.1) is 6.61 Å². The fourth-order valence-corrected chi connectivity index (χ4v) is 2.01. The monoisotopic (exact) mass is 256 g/mol. The molecule has 1 aliphatic heterocycles. The Hall–Kier alpha value is -1.26. The summed E-state index contributed by atoms with van der Waals surface area (Å²) in [5.74, 6) is 0.828. The van der Waals surface area contributed by atoms with E-state index >= 15 is 0 Å². The van der Waals surface area contributed by atoms with Crippen LogP contribution in [0.1, 0.15) is 33.1 Å². The van der Waals surface area contributed by atoms with E-state index in [0.29, 0.717) is 38.0 Å². The van der Waals surface area contributed by atoms with Gasteiger partial charge in [0.2, 0.25) is 5.91 Å². The molecule has 0 atom stereocenters. The van der Waals surface area contributed by atoms with E-state index in [1.807, 2.05) is 13.8 Å². The summed E-state index contributed by atoms with van der Waals surface area (Å²) in [7, 11) is 1.65. The highest BCUT2D eigenvalue weighted by atomic mass is 16.6. The standard InChI is InChI=1S/C13H24N2O3/c1-10(2)9-18-13(17)15-6-4-11(5-7-15)8-12(16)14-3/h10-11H,4-9H2,1-3H3,(H,14,16). The average molecular weight is 256 g/mol. The molecular weight excluding hydrogens is 232 g/mol. The van der Waals surface area contributed by atoms with Crippen LogP contribution in [0, 0.1) is 11.8 Å². The largest absolute Gasteiger partial charge is 0.449 e. The molecule has 0 aromatic carbocycles. The lowest BCUT2D eigenvalue weighted by Gasteiger charge is -2.31. The Balaban J connectivity index is 2.26. The molecule has 0 unspecified atom stereocenters. The molecule has 0 aliphatic carbocycles. The molecular formula is C13H24N2O3. The molecule has 1 N–H and O–H groups in total. The Morgan fingerprint density at radius 2 is 1.94 bits per heavy atom. The molecule has 0 aromatic rings. The van der Waals surface area contributed by atoms with Crippen LogP contribution in [0.4, 0.5) is 4.79 Å². The Kier molecular flexibility index (Phi) is 5.95. The number of piperidine rings is 1. The van der Waals surface area contributed by atoms with Crippen molar-refractivity contribution in [3.63, 3.8) is 0 Å². The first-order valence-corrected chi connectivity index (χ1v) is 6.65. The number of carbonyl (C=O) groups is 2. The third kappa shape index (κ3) is 4.94. The first kappa shape index (κ1) is 14.8. The molecule has 1 heterocycles. The van der Waals surface area contributed by atoms with Crippen molar-refractivity contribution in [2.45, 2.75) is 33.1 Å². The van der Waals surface area contributed by atoms with E-state index in [4.69, 9.17) is 4.74 Å². The summed E-state index contributed by atoms with van der Waals surface area (Å²) in [5, 5.41) is 2.63. The topological polar surface area (TPSA) is 58.6 Å². The normalized spacial score (nSPS) is 16.8. The minimum absolute atomic E-state index is 0.0795. The van der Waals surface area contributed by atoms with Crippen LogP contribution in [0.15, 0.2) is 0 Å². The second-order valence-corrected chi connectivity index (χ2v) is 5.28. The maximum Gasteiger partial charge on any atom is 0.409 e. The minimum atomic E-state index is -0.220. The third-order valence-corrected chi connectivity index (χ3v) is 3.17. The number of hydrogen-bond donors (Lipinski definition) is 1. The molecule has 0 saturated carbocycles. The number of ether oxygens (including phenoxy) is 1. The smallest absolute Gasteiger partial charge is 0.409 e. The highest BCUT2D eigenvalue weighted by Crippen LogP contribution is 2.20. The van der Waals surface area contributed by atoms with Gasteiger partial charge >= 0.3 is 6.09 Å². The number of likely N-dealkylation sites (tertiary alicyclic amines) is 1. The molecule has 5 heteroatoms. The quantitative estimate of drug-likeness (QED) is 0.831. The number of rotatable bonds is 4. The van der Waals surface area contributed by atoms with E-state index in [-0.39, 0.29) is 12.0 Å². The molecule has 104 valence electrons. The zero-order valence-corrected chi connectivity index (χ0v) is 11.6. The van der Waals surface area contributed by atoms with E-state index in [9.17, 15) is 9.59 Å². The van der Waals surface area contributed by atoms with Gasteiger partial charge in [0.25, 0.3) is 0 Å². The summed E-state index contributed by atoms with van der Waals surface area (Å²) < 4.78 is 5.19. The van der Waals surface area contributed by atoms with Gasteiger partial charge in [-0.3, -0.25) is 4.79 Å². The molecule has 0 radical (unpaired) electrons. The summed E-state index contributed by atoms with van der Waals surface area (Å²) >= 11 is 0. The van der Waals surface area contributed by atoms with Gasteiger partial charge in [0.15, 0.2) is 0 Å². The van der Waals surface area contributed by atoms with Gasteiger partial charge in [-0.05, 0) is 24.7 Å². The number of nitrogens with one attached hydrogen (secondary N) is 1. The average Bonchev–Trinajstić information content (AvgIpc) is 2.36. The van der Waals surface area contributed by atoms with Crippen LogP contribution in [0.5, 0.6) is 0 Å². The maximum atomic E-state index is 11.7. The Morgan fingerprint density at radius 1 is 1.33 bits per heavy atom. The molecule has 1 fully saturated rings. The van der Waals surface area contributed by atoms with E-state index in [1.54, 1.807) is 11.9 Å². The number of hydrogen-bond acceptors (Lipinski definition) is 3. The van der Waals surface area contributed by atoms with Crippen LogP contribution >= 0.6 is 0 Å². The van der Waals surface area contributed by atoms with Gasteiger partial charge in [-0.1, -0.05) is 13.8 Å². The van der Waals surface area contributed by atoms with Crippen molar-refractivity contribution in [2.75, 3.05) is 26.7 Å². The second-order valence-electron chi connectivity index (χ2n) is 5.28. The maximum absolute atomic E-state index is 11.7. The van der Waals surface area contributed by atoms with Crippen molar-refractivity contribution in [2.24, 2.45) is 11.8 Å². The molecule has 1 aliphatic rings. The van der Waals surface area contributed by atoms with Crippen LogP contribution in [-0.4, -0.2) is 43.6 Å². The molecule has 0 spiro atoms. The van der Waals surface area contributed by atoms with Crippen molar-refractivity contribution in [1.82, 2.24) is 10.2 Å². The molecule has 5 nitrogen and oxygen atoms in total. The minimum Gasteiger partial charge on any atom is -0.449 e. The highest BCUT2D eigenvalue weighted by Gasteiger charge is 2.24. The zero-order valence-electron chi connectivity index (χ0n) is 11.6. The van der Waals surface area contributed by atoms with Gasteiger partial charge in [-0.2, -0.15) is 0 Å². The molecule has 0 aromatic heterocycles. The highest BCUT2D eigenvalue weighted by molar-refractivity contribution is 5.75. The van der Waals surface area contributed by atoms with Crippen molar-refractivity contribution in [3.8, 4) is 0 Å². The summed E-state index contributed by atoms with van der Waals surface area (Å²) in [4.78, 5) is 24.7. The summed E-state index contributed by atoms with van der Waals surface area (Å²) in [6, 6.07) is 0. The van der Waals surface area contributed by atoms with E-state index in [2.05, 4.69) is 5.32 Å². The summed E-state index contributed by atoms with van der Waals surface area (Å²) in [6.07, 6.45) is 2.10. The Morgan fingerprint density at radius 3 is 2.44 bits per heavy atom. The lowest BCUT2D eigenvalue weighted by Crippen LogP contribution is -2.40. The molecule has 2 amide bonds. The van der Waals surface area contributed by atoms with E-state index < -0.39 is 0 Å². The summed E-state index contributed by atoms with van der Waals surface area (Å²) in [6.45, 7) is 5.89. The lowest BCUT2D eigenvalue weighted by molar-refractivity contribution is -0.121. The molecule has 0 bridgehead atoms. The summed E-state index contributed by atoms with van der Waals surface area (Å²) in [5.41, 5.74) is 0. The Labute approximate surface area is 109 Å². The second kappa shape index (κ2) is 7.24. The van der Waals surface area contributed by atoms with Gasteiger partial charge in [0.1, 0.15) is 0 Å². The first-order chi connectivity index (χ1) is 8.52. The number of carbonyl (C=O) groups excluding carboxylic acids is 2. The predicted octanol–water partition coefficient (Wildman–Crippen LogP) is 1.63. The van der Waals surface area contributed by atoms with E-state index in [1.165, 1.54) is 0 Å². The van der Waals surface area contributed by atoms with Crippen LogP contribution in [-0.2, 0) is 9.53 Å². The first-order valence-electron chi connectivity index (χ1n) is 6.65. The zero-order chi connectivity index (χ0) is 13.5. The third-order valence-electron chi connectivity index (χ3n) is 3.17. The molecule has 1 saturated heterocycles. The van der Waals surface area contributed by atoms with E-state index in [0.717, 1.165) is 12.8 Å². The predicted molar refractivity (Wildman–Crippen MR) is 69.2 cm³/mol. The van der Waals surface area contributed by atoms with Gasteiger partial charge in [-0.25, -0.2) is 4.79 Å². The van der Waals surface area contributed by atoms with Crippen molar-refractivity contribution in [1.29, 1.82) is 0 Å². The van der Waals surface area contributed by atoms with Crippen molar-refractivity contribution < 1.29 is 14.3 Å². The molecule has 1 rings (SSSR count). The Bertz CT molecular complexity index is 284. The molecule has 18 heavy (non-hydrogen) atoms.